The van der Waals surface area contributed by atoms with Crippen molar-refractivity contribution in [2.24, 2.45) is 0 Å². The Balaban J connectivity index is 2.09. The van der Waals surface area contributed by atoms with E-state index in [0.717, 1.165) is 11.4 Å². The molecule has 2 aromatic heterocycles. The van der Waals surface area contributed by atoms with Gasteiger partial charge in [-0.1, -0.05) is 23.2 Å². The Kier molecular flexibility index (Phi) is 5.03. The summed E-state index contributed by atoms with van der Waals surface area (Å²) in [7, 11) is 3.73. The lowest BCUT2D eigenvalue weighted by Crippen LogP contribution is -2.24. The number of aromatic nitrogens is 2. The molecular weight excluding hydrogens is 331 g/mol. The van der Waals surface area contributed by atoms with Crippen LogP contribution in [0.5, 0.6) is 0 Å². The molecular formula is C13H14Cl2N4OS. The third-order valence-electron chi connectivity index (χ3n) is 2.63. The smallest absolute Gasteiger partial charge is 0.254 e. The molecule has 0 fully saturated rings. The zero-order valence-corrected chi connectivity index (χ0v) is 14.1. The SMILES string of the molecule is Cc1cc(CNC(=O)c2cc(Cl)sc2Cl)nc(N(C)C)n1. The molecule has 0 radical (unpaired) electrons. The molecule has 8 heteroatoms. The monoisotopic (exact) mass is 344 g/mol. The van der Waals surface area contributed by atoms with E-state index < -0.39 is 0 Å². The van der Waals surface area contributed by atoms with Crippen LogP contribution in [0.2, 0.25) is 8.67 Å². The summed E-state index contributed by atoms with van der Waals surface area (Å²) < 4.78 is 0.864. The van der Waals surface area contributed by atoms with Crippen LogP contribution in [-0.2, 0) is 6.54 Å². The van der Waals surface area contributed by atoms with Gasteiger partial charge in [0.05, 0.1) is 22.1 Å². The minimum atomic E-state index is -0.272. The average Bonchev–Trinajstić information content (AvgIpc) is 2.74. The van der Waals surface area contributed by atoms with Crippen LogP contribution < -0.4 is 10.2 Å². The number of thiophene rings is 1. The largest absolute Gasteiger partial charge is 0.347 e. The molecule has 1 N–H and O–H groups in total. The fraction of sp³-hybridized carbons (Fsp3) is 0.308. The maximum Gasteiger partial charge on any atom is 0.254 e. The van der Waals surface area contributed by atoms with Gasteiger partial charge in [-0.05, 0) is 19.1 Å². The quantitative estimate of drug-likeness (QED) is 0.925. The van der Waals surface area contributed by atoms with Crippen LogP contribution in [0.25, 0.3) is 0 Å². The summed E-state index contributed by atoms with van der Waals surface area (Å²) in [6.45, 7) is 2.18. The number of nitrogens with one attached hydrogen (secondary N) is 1. The molecule has 21 heavy (non-hydrogen) atoms. The van der Waals surface area contributed by atoms with Gasteiger partial charge >= 0.3 is 0 Å². The van der Waals surface area contributed by atoms with Crippen molar-refractivity contribution in [3.8, 4) is 0 Å². The molecule has 112 valence electrons. The number of hydrogen-bond donors (Lipinski definition) is 1. The number of anilines is 1. The molecule has 2 aromatic rings. The van der Waals surface area contributed by atoms with E-state index in [1.165, 1.54) is 11.3 Å². The van der Waals surface area contributed by atoms with Crippen LogP contribution in [0.15, 0.2) is 12.1 Å². The summed E-state index contributed by atoms with van der Waals surface area (Å²) in [6, 6.07) is 3.38. The van der Waals surface area contributed by atoms with Crippen LogP contribution in [-0.4, -0.2) is 30.0 Å². The van der Waals surface area contributed by atoms with Gasteiger partial charge in [0.15, 0.2) is 0 Å². The normalized spacial score (nSPS) is 10.5. The van der Waals surface area contributed by atoms with Crippen molar-refractivity contribution < 1.29 is 4.79 Å². The van der Waals surface area contributed by atoms with Crippen LogP contribution in [0.3, 0.4) is 0 Å². The molecule has 0 aliphatic carbocycles. The van der Waals surface area contributed by atoms with Crippen molar-refractivity contribution >= 4 is 46.4 Å². The molecule has 1 amide bonds. The summed E-state index contributed by atoms with van der Waals surface area (Å²) in [6.07, 6.45) is 0. The number of carbonyl (C=O) groups is 1. The fourth-order valence-corrected chi connectivity index (χ4v) is 3.13. The second-order valence-corrected chi connectivity index (χ2v) is 6.90. The third-order valence-corrected chi connectivity index (χ3v) is 4.11. The van der Waals surface area contributed by atoms with Crippen LogP contribution in [0.1, 0.15) is 21.7 Å². The minimum absolute atomic E-state index is 0.272. The van der Waals surface area contributed by atoms with Gasteiger partial charge in [-0.15, -0.1) is 11.3 Å². The van der Waals surface area contributed by atoms with Gasteiger partial charge in [-0.2, -0.15) is 0 Å². The Morgan fingerprint density at radius 1 is 1.33 bits per heavy atom. The van der Waals surface area contributed by atoms with Crippen molar-refractivity contribution in [1.29, 1.82) is 0 Å². The highest BCUT2D eigenvalue weighted by atomic mass is 35.5. The molecule has 0 aliphatic rings. The van der Waals surface area contributed by atoms with Crippen molar-refractivity contribution in [2.45, 2.75) is 13.5 Å². The molecule has 0 unspecified atom stereocenters. The first kappa shape index (κ1) is 16.0. The highest BCUT2D eigenvalue weighted by Crippen LogP contribution is 2.30. The van der Waals surface area contributed by atoms with E-state index >= 15 is 0 Å². The standard InChI is InChI=1S/C13H14Cl2N4OS/c1-7-4-8(18-13(17-7)19(2)3)6-16-12(20)9-5-10(14)21-11(9)15/h4-5H,6H2,1-3H3,(H,16,20). The molecule has 0 aliphatic heterocycles. The first-order valence-corrected chi connectivity index (χ1v) is 7.69. The summed E-state index contributed by atoms with van der Waals surface area (Å²) in [5, 5.41) is 2.78. The summed E-state index contributed by atoms with van der Waals surface area (Å²) in [4.78, 5) is 22.5. The van der Waals surface area contributed by atoms with Crippen LogP contribution in [0.4, 0.5) is 5.95 Å². The van der Waals surface area contributed by atoms with Gasteiger partial charge in [-0.3, -0.25) is 4.79 Å². The van der Waals surface area contributed by atoms with Gasteiger partial charge < -0.3 is 10.2 Å². The van der Waals surface area contributed by atoms with Gasteiger partial charge in [0, 0.05) is 19.8 Å². The van der Waals surface area contributed by atoms with Crippen LogP contribution >= 0.6 is 34.5 Å². The summed E-state index contributed by atoms with van der Waals surface area (Å²) in [5.74, 6) is 0.335. The van der Waals surface area contributed by atoms with Gasteiger partial charge in [0.2, 0.25) is 5.95 Å². The number of hydrogen-bond acceptors (Lipinski definition) is 5. The van der Waals surface area contributed by atoms with Crippen molar-refractivity contribution in [3.63, 3.8) is 0 Å². The first-order chi connectivity index (χ1) is 9.86. The number of halogens is 2. The molecule has 2 heterocycles. The molecule has 0 bridgehead atoms. The lowest BCUT2D eigenvalue weighted by Gasteiger charge is -2.12. The highest BCUT2D eigenvalue weighted by molar-refractivity contribution is 7.20. The fourth-order valence-electron chi connectivity index (χ4n) is 1.67. The summed E-state index contributed by atoms with van der Waals surface area (Å²) >= 11 is 13.0. The maximum atomic E-state index is 12.1. The van der Waals surface area contributed by atoms with E-state index in [1.807, 2.05) is 32.0 Å². The second-order valence-electron chi connectivity index (χ2n) is 4.62. The number of amides is 1. The topological polar surface area (TPSA) is 58.1 Å². The Morgan fingerprint density at radius 3 is 2.62 bits per heavy atom. The Hall–Kier alpha value is -1.37. The van der Waals surface area contributed by atoms with Crippen molar-refractivity contribution in [2.75, 3.05) is 19.0 Å². The van der Waals surface area contributed by atoms with E-state index in [0.29, 0.717) is 26.7 Å². The second kappa shape index (κ2) is 6.60. The van der Waals surface area contributed by atoms with Gasteiger partial charge in [-0.25, -0.2) is 9.97 Å². The molecule has 5 nitrogen and oxygen atoms in total. The third kappa shape index (κ3) is 4.06. The summed E-state index contributed by atoms with van der Waals surface area (Å²) in [5.41, 5.74) is 1.96. The molecule has 0 saturated carbocycles. The predicted octanol–water partition coefficient (Wildman–Crippen LogP) is 3.15. The van der Waals surface area contributed by atoms with E-state index in [2.05, 4.69) is 15.3 Å². The number of aryl methyl sites for hydroxylation is 1. The van der Waals surface area contributed by atoms with Gasteiger partial charge in [0.25, 0.3) is 5.91 Å². The molecule has 0 saturated heterocycles. The zero-order chi connectivity index (χ0) is 15.6. The Morgan fingerprint density at radius 2 is 2.05 bits per heavy atom. The zero-order valence-electron chi connectivity index (χ0n) is 11.8. The van der Waals surface area contributed by atoms with E-state index in [4.69, 9.17) is 23.2 Å². The van der Waals surface area contributed by atoms with E-state index in [9.17, 15) is 4.79 Å². The van der Waals surface area contributed by atoms with Crippen molar-refractivity contribution in [3.05, 3.63) is 37.8 Å². The first-order valence-electron chi connectivity index (χ1n) is 6.11. The minimum Gasteiger partial charge on any atom is -0.347 e. The molecule has 2 rings (SSSR count). The highest BCUT2D eigenvalue weighted by Gasteiger charge is 2.14. The van der Waals surface area contributed by atoms with E-state index in [-0.39, 0.29) is 5.91 Å². The van der Waals surface area contributed by atoms with Gasteiger partial charge in [0.1, 0.15) is 4.34 Å². The average molecular weight is 345 g/mol. The number of nitrogens with zero attached hydrogens (tertiary/aromatic N) is 3. The van der Waals surface area contributed by atoms with Crippen LogP contribution in [0, 0.1) is 6.92 Å². The van der Waals surface area contributed by atoms with E-state index in [1.54, 1.807) is 6.07 Å². The molecule has 0 atom stereocenters. The molecule has 0 spiro atoms. The number of carbonyl (C=O) groups excluding carboxylic acids is 1. The maximum absolute atomic E-state index is 12.1. The number of rotatable bonds is 4. The Labute approximate surface area is 136 Å². The lowest BCUT2D eigenvalue weighted by molar-refractivity contribution is 0.0951. The molecule has 0 aromatic carbocycles. The predicted molar refractivity (Wildman–Crippen MR) is 86.6 cm³/mol. The van der Waals surface area contributed by atoms with Crippen molar-refractivity contribution in [1.82, 2.24) is 15.3 Å². The Bertz CT molecular complexity index is 672. The lowest BCUT2D eigenvalue weighted by atomic mass is 10.3.